The summed E-state index contributed by atoms with van der Waals surface area (Å²) in [6.07, 6.45) is 1.39. The second kappa shape index (κ2) is 6.30. The predicted molar refractivity (Wildman–Crippen MR) is 88.2 cm³/mol. The molecule has 4 N–H and O–H groups in total. The molecule has 0 bridgehead atoms. The van der Waals surface area contributed by atoms with E-state index in [0.717, 1.165) is 18.7 Å². The molecule has 5 heteroatoms. The Morgan fingerprint density at radius 3 is 2.48 bits per heavy atom. The van der Waals surface area contributed by atoms with Crippen LogP contribution in [-0.2, 0) is 10.3 Å². The van der Waals surface area contributed by atoms with E-state index in [0.29, 0.717) is 12.8 Å². The van der Waals surface area contributed by atoms with Crippen LogP contribution in [0.3, 0.4) is 0 Å². The highest BCUT2D eigenvalue weighted by Gasteiger charge is 2.38. The molecule has 5 nitrogen and oxygen atoms in total. The van der Waals surface area contributed by atoms with E-state index in [1.807, 2.05) is 30.3 Å². The first-order chi connectivity index (χ1) is 11.1. The lowest BCUT2D eigenvalue weighted by atomic mass is 9.84. The number of para-hydroxylation sites is 1. The van der Waals surface area contributed by atoms with Crippen LogP contribution in [0.1, 0.15) is 28.8 Å². The van der Waals surface area contributed by atoms with Gasteiger partial charge in [-0.1, -0.05) is 36.4 Å². The third-order valence-electron chi connectivity index (χ3n) is 4.30. The fourth-order valence-corrected chi connectivity index (χ4v) is 2.99. The molecule has 0 atom stereocenters. The van der Waals surface area contributed by atoms with E-state index in [9.17, 15) is 9.90 Å². The highest BCUT2D eigenvalue weighted by atomic mass is 16.6. The molecule has 3 rings (SSSR count). The van der Waals surface area contributed by atoms with Gasteiger partial charge in [-0.2, -0.15) is 0 Å². The zero-order valence-electron chi connectivity index (χ0n) is 12.8. The van der Waals surface area contributed by atoms with Gasteiger partial charge in [0.25, 0.3) is 0 Å². The number of rotatable bonds is 3. The number of phenols is 1. The van der Waals surface area contributed by atoms with Crippen LogP contribution < -0.4 is 11.1 Å². The van der Waals surface area contributed by atoms with Crippen LogP contribution in [0.5, 0.6) is 5.75 Å². The van der Waals surface area contributed by atoms with Crippen molar-refractivity contribution in [3.63, 3.8) is 0 Å². The second-order valence-corrected chi connectivity index (χ2v) is 5.74. The molecule has 120 valence electrons. The summed E-state index contributed by atoms with van der Waals surface area (Å²) in [7, 11) is 0. The van der Waals surface area contributed by atoms with Crippen molar-refractivity contribution in [2.24, 2.45) is 0 Å². The maximum Gasteiger partial charge on any atom is 0.341 e. The van der Waals surface area contributed by atoms with Gasteiger partial charge in [0.2, 0.25) is 0 Å². The van der Waals surface area contributed by atoms with Gasteiger partial charge in [-0.25, -0.2) is 4.79 Å². The monoisotopic (exact) mass is 312 g/mol. The molecule has 2 aromatic rings. The summed E-state index contributed by atoms with van der Waals surface area (Å²) in [5.41, 5.74) is 6.37. The predicted octanol–water partition coefficient (Wildman–Crippen LogP) is 2.41. The summed E-state index contributed by atoms with van der Waals surface area (Å²) < 4.78 is 5.92. The van der Waals surface area contributed by atoms with E-state index < -0.39 is 11.6 Å². The normalized spacial score (nSPS) is 16.7. The smallest absolute Gasteiger partial charge is 0.341 e. The molecule has 1 fully saturated rings. The average Bonchev–Trinajstić information content (AvgIpc) is 2.59. The Kier molecular flexibility index (Phi) is 4.21. The van der Waals surface area contributed by atoms with Crippen LogP contribution in [0.2, 0.25) is 0 Å². The van der Waals surface area contributed by atoms with Crippen molar-refractivity contribution in [2.75, 3.05) is 18.8 Å². The second-order valence-electron chi connectivity index (χ2n) is 5.74. The molecule has 2 aromatic carbocycles. The van der Waals surface area contributed by atoms with Crippen molar-refractivity contribution in [2.45, 2.75) is 18.4 Å². The van der Waals surface area contributed by atoms with Gasteiger partial charge in [0, 0.05) is 12.8 Å². The van der Waals surface area contributed by atoms with E-state index >= 15 is 0 Å². The summed E-state index contributed by atoms with van der Waals surface area (Å²) >= 11 is 0. The maximum atomic E-state index is 12.6. The SMILES string of the molecule is Nc1c(O)cccc1C(=O)OC1(c2ccccc2)CCNCC1. The number of nitrogens with one attached hydrogen (secondary N) is 1. The molecular weight excluding hydrogens is 292 g/mol. The highest BCUT2D eigenvalue weighted by molar-refractivity contribution is 5.96. The topological polar surface area (TPSA) is 84.6 Å². The van der Waals surface area contributed by atoms with Gasteiger partial charge in [0.1, 0.15) is 11.4 Å². The minimum Gasteiger partial charge on any atom is -0.506 e. The summed E-state index contributed by atoms with van der Waals surface area (Å²) in [6.45, 7) is 1.55. The first-order valence-electron chi connectivity index (χ1n) is 7.69. The minimum atomic E-state index is -0.665. The molecular formula is C18H20N2O3. The van der Waals surface area contributed by atoms with E-state index in [1.54, 1.807) is 12.1 Å². The van der Waals surface area contributed by atoms with E-state index in [1.165, 1.54) is 6.07 Å². The number of carbonyl (C=O) groups is 1. The minimum absolute atomic E-state index is 0.0506. The maximum absolute atomic E-state index is 12.6. The lowest BCUT2D eigenvalue weighted by molar-refractivity contribution is -0.0377. The van der Waals surface area contributed by atoms with Gasteiger partial charge < -0.3 is 20.9 Å². The van der Waals surface area contributed by atoms with Crippen molar-refractivity contribution >= 4 is 11.7 Å². The van der Waals surface area contributed by atoms with Crippen LogP contribution in [0, 0.1) is 0 Å². The number of phenolic OH excluding ortho intramolecular Hbond substituents is 1. The highest BCUT2D eigenvalue weighted by Crippen LogP contribution is 2.36. The van der Waals surface area contributed by atoms with E-state index in [4.69, 9.17) is 10.5 Å². The number of hydrogen-bond donors (Lipinski definition) is 3. The molecule has 0 unspecified atom stereocenters. The Hall–Kier alpha value is -2.53. The molecule has 1 aliphatic heterocycles. The number of carbonyl (C=O) groups excluding carboxylic acids is 1. The first-order valence-corrected chi connectivity index (χ1v) is 7.69. The zero-order chi connectivity index (χ0) is 16.3. The molecule has 1 heterocycles. The Morgan fingerprint density at radius 1 is 1.09 bits per heavy atom. The van der Waals surface area contributed by atoms with Gasteiger partial charge in [-0.15, -0.1) is 0 Å². The molecule has 1 saturated heterocycles. The fraction of sp³-hybridized carbons (Fsp3) is 0.278. The van der Waals surface area contributed by atoms with Crippen LogP contribution in [0.25, 0.3) is 0 Å². The van der Waals surface area contributed by atoms with Gasteiger partial charge in [0.15, 0.2) is 0 Å². The average molecular weight is 312 g/mol. The number of aromatic hydroxyl groups is 1. The van der Waals surface area contributed by atoms with Crippen molar-refractivity contribution in [3.05, 3.63) is 59.7 Å². The van der Waals surface area contributed by atoms with E-state index in [-0.39, 0.29) is 17.0 Å². The number of benzene rings is 2. The quantitative estimate of drug-likeness (QED) is 0.460. The number of hydrogen-bond acceptors (Lipinski definition) is 5. The Labute approximate surface area is 135 Å². The fourth-order valence-electron chi connectivity index (χ4n) is 2.99. The number of esters is 1. The van der Waals surface area contributed by atoms with Gasteiger partial charge in [0.05, 0.1) is 11.3 Å². The Morgan fingerprint density at radius 2 is 1.78 bits per heavy atom. The number of nitrogens with two attached hydrogens (primary N) is 1. The first kappa shape index (κ1) is 15.4. The number of ether oxygens (including phenoxy) is 1. The molecule has 0 radical (unpaired) electrons. The Bertz CT molecular complexity index is 695. The zero-order valence-corrected chi connectivity index (χ0v) is 12.8. The Balaban J connectivity index is 1.93. The van der Waals surface area contributed by atoms with E-state index in [2.05, 4.69) is 5.32 Å². The summed E-state index contributed by atoms with van der Waals surface area (Å²) in [5, 5.41) is 13.0. The molecule has 0 spiro atoms. The van der Waals surface area contributed by atoms with Crippen LogP contribution >= 0.6 is 0 Å². The summed E-state index contributed by atoms with van der Waals surface area (Å²) in [5.74, 6) is -0.623. The molecule has 0 aliphatic carbocycles. The van der Waals surface area contributed by atoms with Crippen molar-refractivity contribution in [1.82, 2.24) is 5.32 Å². The third kappa shape index (κ3) is 3.00. The van der Waals surface area contributed by atoms with Gasteiger partial charge in [-0.3, -0.25) is 0 Å². The van der Waals surface area contributed by atoms with Crippen LogP contribution in [0.4, 0.5) is 5.69 Å². The molecule has 1 aliphatic rings. The number of nitrogen functional groups attached to an aromatic ring is 1. The summed E-state index contributed by atoms with van der Waals surface area (Å²) in [6, 6.07) is 14.4. The van der Waals surface area contributed by atoms with Crippen LogP contribution in [0.15, 0.2) is 48.5 Å². The molecule has 0 amide bonds. The van der Waals surface area contributed by atoms with Gasteiger partial charge >= 0.3 is 5.97 Å². The van der Waals surface area contributed by atoms with Gasteiger partial charge in [-0.05, 0) is 30.8 Å². The third-order valence-corrected chi connectivity index (χ3v) is 4.30. The van der Waals surface area contributed by atoms with Crippen molar-refractivity contribution in [3.8, 4) is 5.75 Å². The number of piperidine rings is 1. The molecule has 23 heavy (non-hydrogen) atoms. The van der Waals surface area contributed by atoms with Crippen LogP contribution in [-0.4, -0.2) is 24.2 Å². The largest absolute Gasteiger partial charge is 0.506 e. The molecule has 0 saturated carbocycles. The lowest BCUT2D eigenvalue weighted by Crippen LogP contribution is -2.43. The molecule has 0 aromatic heterocycles. The van der Waals surface area contributed by atoms with Crippen molar-refractivity contribution < 1.29 is 14.6 Å². The standard InChI is InChI=1S/C18H20N2O3/c19-16-14(7-4-8-15(16)21)17(22)23-18(9-11-20-12-10-18)13-5-2-1-3-6-13/h1-8,20-21H,9-12,19H2. The van der Waals surface area contributed by atoms with Crippen molar-refractivity contribution in [1.29, 1.82) is 0 Å². The summed E-state index contributed by atoms with van der Waals surface area (Å²) in [4.78, 5) is 12.6. The lowest BCUT2D eigenvalue weighted by Gasteiger charge is -2.37. The number of anilines is 1.